The predicted octanol–water partition coefficient (Wildman–Crippen LogP) is 2.53. The van der Waals surface area contributed by atoms with Gasteiger partial charge in [0.25, 0.3) is 0 Å². The molecule has 1 unspecified atom stereocenters. The third kappa shape index (κ3) is 2.93. The van der Waals surface area contributed by atoms with Crippen molar-refractivity contribution in [3.05, 3.63) is 41.5 Å². The van der Waals surface area contributed by atoms with Gasteiger partial charge in [-0.2, -0.15) is 10.5 Å². The first kappa shape index (κ1) is 14.8. The lowest BCUT2D eigenvalue weighted by atomic mass is 10.2. The van der Waals surface area contributed by atoms with E-state index in [9.17, 15) is 0 Å². The van der Waals surface area contributed by atoms with Crippen molar-refractivity contribution in [1.82, 2.24) is 19.9 Å². The molecule has 0 aliphatic heterocycles. The highest BCUT2D eigenvalue weighted by molar-refractivity contribution is 7.99. The van der Waals surface area contributed by atoms with E-state index in [0.29, 0.717) is 10.7 Å². The van der Waals surface area contributed by atoms with Crippen LogP contribution in [0.3, 0.4) is 0 Å². The number of thioether (sulfide) groups is 1. The van der Waals surface area contributed by atoms with Crippen LogP contribution < -0.4 is 5.73 Å². The molecule has 23 heavy (non-hydrogen) atoms. The molecule has 112 valence electrons. The van der Waals surface area contributed by atoms with Gasteiger partial charge < -0.3 is 10.7 Å². The molecule has 3 N–H and O–H groups in total. The van der Waals surface area contributed by atoms with E-state index in [2.05, 4.69) is 26.0 Å². The molecule has 0 saturated heterocycles. The highest BCUT2D eigenvalue weighted by Crippen LogP contribution is 2.33. The number of hydrogen-bond donors (Lipinski definition) is 2. The zero-order valence-corrected chi connectivity index (χ0v) is 12.9. The Kier molecular flexibility index (Phi) is 3.83. The summed E-state index contributed by atoms with van der Waals surface area (Å²) in [5.41, 5.74) is 8.09. The zero-order chi connectivity index (χ0) is 16.4. The number of aromatic amines is 1. The maximum absolute atomic E-state index is 9.12. The Morgan fingerprint density at radius 1 is 1.26 bits per heavy atom. The average molecular weight is 321 g/mol. The molecule has 0 amide bonds. The maximum Gasteiger partial charge on any atom is 0.191 e. The number of nitrogens with one attached hydrogen (secondary N) is 1. The number of pyridine rings is 1. The summed E-state index contributed by atoms with van der Waals surface area (Å²) in [6.07, 6.45) is 3.36. The topological polar surface area (TPSA) is 128 Å². The summed E-state index contributed by atoms with van der Waals surface area (Å²) in [5, 5.41) is 19.2. The summed E-state index contributed by atoms with van der Waals surface area (Å²) in [6.45, 7) is 1.95. The molecule has 0 aliphatic rings. The first-order valence-corrected chi connectivity index (χ1v) is 7.57. The number of nitriles is 2. The smallest absolute Gasteiger partial charge is 0.191 e. The highest BCUT2D eigenvalue weighted by Gasteiger charge is 2.14. The van der Waals surface area contributed by atoms with Crippen LogP contribution in [-0.4, -0.2) is 19.9 Å². The molecule has 3 aromatic rings. The van der Waals surface area contributed by atoms with Crippen LogP contribution in [-0.2, 0) is 0 Å². The molecule has 1 atom stereocenters. The lowest BCUT2D eigenvalue weighted by molar-refractivity contribution is 0.936. The fourth-order valence-corrected chi connectivity index (χ4v) is 3.00. The minimum atomic E-state index is -0.0609. The predicted molar refractivity (Wildman–Crippen MR) is 86.2 cm³/mol. The Balaban J connectivity index is 1.92. The van der Waals surface area contributed by atoms with Crippen molar-refractivity contribution in [2.24, 2.45) is 0 Å². The van der Waals surface area contributed by atoms with Crippen molar-refractivity contribution in [1.29, 1.82) is 10.5 Å². The second kappa shape index (κ2) is 5.95. The number of nitrogens with zero attached hydrogens (tertiary/aromatic N) is 5. The number of hydrogen-bond acceptors (Lipinski definition) is 7. The van der Waals surface area contributed by atoms with E-state index in [1.807, 2.05) is 19.1 Å². The molecule has 3 heterocycles. The van der Waals surface area contributed by atoms with Crippen LogP contribution in [0.25, 0.3) is 10.9 Å². The summed E-state index contributed by atoms with van der Waals surface area (Å²) in [4.78, 5) is 15.7. The van der Waals surface area contributed by atoms with Gasteiger partial charge in [0.15, 0.2) is 5.16 Å². The Hall–Kier alpha value is -3.10. The molecule has 0 aromatic carbocycles. The molecule has 0 spiro atoms. The molecule has 0 bridgehead atoms. The number of H-pyrrole nitrogens is 1. The molecular weight excluding hydrogens is 310 g/mol. The Morgan fingerprint density at radius 3 is 2.83 bits per heavy atom. The number of nitrogen functional groups attached to an aromatic ring is 1. The van der Waals surface area contributed by atoms with Crippen molar-refractivity contribution in [2.45, 2.75) is 17.3 Å². The van der Waals surface area contributed by atoms with Crippen molar-refractivity contribution < 1.29 is 0 Å². The van der Waals surface area contributed by atoms with Crippen LogP contribution in [0, 0.1) is 22.7 Å². The van der Waals surface area contributed by atoms with Crippen molar-refractivity contribution in [3.8, 4) is 12.1 Å². The normalized spacial score (nSPS) is 11.8. The van der Waals surface area contributed by atoms with E-state index < -0.39 is 0 Å². The molecule has 0 radical (unpaired) electrons. The van der Waals surface area contributed by atoms with E-state index in [0.717, 1.165) is 16.6 Å². The number of nitrogens with two attached hydrogens (primary N) is 1. The van der Waals surface area contributed by atoms with Crippen molar-refractivity contribution >= 4 is 28.5 Å². The van der Waals surface area contributed by atoms with Gasteiger partial charge in [-0.15, -0.1) is 0 Å². The summed E-state index contributed by atoms with van der Waals surface area (Å²) < 4.78 is 0. The number of rotatable bonds is 3. The van der Waals surface area contributed by atoms with Crippen LogP contribution in [0.4, 0.5) is 5.82 Å². The van der Waals surface area contributed by atoms with E-state index in [4.69, 9.17) is 16.3 Å². The minimum Gasteiger partial charge on any atom is -0.384 e. The van der Waals surface area contributed by atoms with Crippen molar-refractivity contribution in [3.63, 3.8) is 0 Å². The maximum atomic E-state index is 9.12. The van der Waals surface area contributed by atoms with Crippen LogP contribution in [0.15, 0.2) is 29.7 Å². The van der Waals surface area contributed by atoms with Crippen LogP contribution in [0.1, 0.15) is 29.1 Å². The molecule has 3 aromatic heterocycles. The number of anilines is 1. The third-order valence-electron chi connectivity index (χ3n) is 3.25. The molecular formula is C15H11N7S. The molecule has 0 saturated carbocycles. The molecule has 3 rings (SSSR count). The first-order valence-electron chi connectivity index (χ1n) is 6.69. The Morgan fingerprint density at radius 2 is 2.09 bits per heavy atom. The molecule has 0 aliphatic carbocycles. The van der Waals surface area contributed by atoms with E-state index in [-0.39, 0.29) is 16.8 Å². The summed E-state index contributed by atoms with van der Waals surface area (Å²) in [6, 6.07) is 7.41. The van der Waals surface area contributed by atoms with Gasteiger partial charge in [0.2, 0.25) is 0 Å². The van der Waals surface area contributed by atoms with Gasteiger partial charge in [-0.05, 0) is 13.0 Å². The van der Waals surface area contributed by atoms with E-state index in [1.165, 1.54) is 17.8 Å². The molecule has 7 nitrogen and oxygen atoms in total. The van der Waals surface area contributed by atoms with Crippen LogP contribution >= 0.6 is 11.8 Å². The number of aromatic nitrogens is 4. The largest absolute Gasteiger partial charge is 0.384 e. The number of fused-ring (bicyclic) bond motifs is 1. The lowest BCUT2D eigenvalue weighted by Gasteiger charge is -2.10. The van der Waals surface area contributed by atoms with Crippen LogP contribution in [0.2, 0.25) is 0 Å². The van der Waals surface area contributed by atoms with Gasteiger partial charge >= 0.3 is 0 Å². The Bertz CT molecular complexity index is 964. The third-order valence-corrected chi connectivity index (χ3v) is 4.23. The van der Waals surface area contributed by atoms with Crippen LogP contribution in [0.5, 0.6) is 0 Å². The Labute approximate surface area is 136 Å². The van der Waals surface area contributed by atoms with E-state index in [1.54, 1.807) is 12.4 Å². The first-order chi connectivity index (χ1) is 11.1. The standard InChI is InChI=1S/C15H11N7S/c1-8(23-15-21-10(5-17)2-14(18)22-15)12-3-11-9(4-16)6-19-13(11)7-20-12/h2-3,6-8,19H,1H3,(H2,18,21,22). The average Bonchev–Trinajstić information content (AvgIpc) is 2.96. The van der Waals surface area contributed by atoms with Crippen molar-refractivity contribution in [2.75, 3.05) is 5.73 Å². The summed E-state index contributed by atoms with van der Waals surface area (Å²) in [5.74, 6) is 0.257. The van der Waals surface area contributed by atoms with Gasteiger partial charge in [0.05, 0.1) is 28.2 Å². The SMILES string of the molecule is CC(Sc1nc(N)cc(C#N)n1)c1cc2c(C#N)c[nH]c2cn1. The fraction of sp³-hybridized carbons (Fsp3) is 0.133. The van der Waals surface area contributed by atoms with Gasteiger partial charge in [-0.3, -0.25) is 4.98 Å². The van der Waals surface area contributed by atoms with Gasteiger partial charge in [-0.25, -0.2) is 9.97 Å². The van der Waals surface area contributed by atoms with Gasteiger partial charge in [0, 0.05) is 17.6 Å². The second-order valence-corrected chi connectivity index (χ2v) is 6.11. The zero-order valence-electron chi connectivity index (χ0n) is 12.1. The quantitative estimate of drug-likeness (QED) is 0.560. The van der Waals surface area contributed by atoms with E-state index >= 15 is 0 Å². The lowest BCUT2D eigenvalue weighted by Crippen LogP contribution is -1.99. The summed E-state index contributed by atoms with van der Waals surface area (Å²) >= 11 is 1.36. The summed E-state index contributed by atoms with van der Waals surface area (Å²) in [7, 11) is 0. The van der Waals surface area contributed by atoms with Gasteiger partial charge in [-0.1, -0.05) is 11.8 Å². The highest BCUT2D eigenvalue weighted by atomic mass is 32.2. The fourth-order valence-electron chi connectivity index (χ4n) is 2.12. The second-order valence-electron chi connectivity index (χ2n) is 4.80. The monoisotopic (exact) mass is 321 g/mol. The minimum absolute atomic E-state index is 0.0609. The molecule has 8 heteroatoms. The van der Waals surface area contributed by atoms with Gasteiger partial charge in [0.1, 0.15) is 23.7 Å². The molecule has 0 fully saturated rings.